The molecule has 1 amide bonds. The van der Waals surface area contributed by atoms with E-state index in [0.717, 1.165) is 11.1 Å². The molecule has 1 aliphatic rings. The molecule has 0 fully saturated rings. The third kappa shape index (κ3) is 3.48. The minimum Gasteiger partial charge on any atom is -0.491 e. The summed E-state index contributed by atoms with van der Waals surface area (Å²) in [6.07, 6.45) is 4.55. The van der Waals surface area contributed by atoms with Gasteiger partial charge in [0.2, 0.25) is 0 Å². The molecule has 1 N–H and O–H groups in total. The Bertz CT molecular complexity index is 1190. The molecular weight excluding hydrogens is 410 g/mol. The van der Waals surface area contributed by atoms with Gasteiger partial charge in [-0.3, -0.25) is 14.4 Å². The topological polar surface area (TPSA) is 103 Å². The van der Waals surface area contributed by atoms with Gasteiger partial charge in [0.1, 0.15) is 0 Å². The van der Waals surface area contributed by atoms with Crippen molar-refractivity contribution in [3.05, 3.63) is 47.5 Å². The van der Waals surface area contributed by atoms with Gasteiger partial charge in [0.05, 0.1) is 61.2 Å². The summed E-state index contributed by atoms with van der Waals surface area (Å²) in [4.78, 5) is 24.4. The molecule has 3 aromatic rings. The normalized spacial score (nSPS) is 15.6. The van der Waals surface area contributed by atoms with E-state index >= 15 is 0 Å². The van der Waals surface area contributed by atoms with E-state index in [4.69, 9.17) is 14.5 Å². The number of hydrogen-bond acceptors (Lipinski definition) is 7. The number of hydrogen-bond donors (Lipinski definition) is 1. The first kappa shape index (κ1) is 21.8. The molecule has 9 nitrogen and oxygen atoms in total. The van der Waals surface area contributed by atoms with E-state index < -0.39 is 11.6 Å². The molecule has 168 valence electrons. The molecule has 0 aliphatic carbocycles. The van der Waals surface area contributed by atoms with Crippen LogP contribution in [0.3, 0.4) is 0 Å². The van der Waals surface area contributed by atoms with Crippen LogP contribution < -0.4 is 14.4 Å². The maximum absolute atomic E-state index is 13.4. The number of aliphatic hydroxyl groups excluding tert-OH is 1. The Hall–Kier alpha value is -3.46. The molecule has 0 saturated carbocycles. The van der Waals surface area contributed by atoms with Crippen molar-refractivity contribution in [2.24, 2.45) is 0 Å². The summed E-state index contributed by atoms with van der Waals surface area (Å²) < 4.78 is 12.2. The van der Waals surface area contributed by atoms with Crippen molar-refractivity contribution in [1.29, 1.82) is 0 Å². The second-order valence-electron chi connectivity index (χ2n) is 8.45. The van der Waals surface area contributed by atoms with Crippen molar-refractivity contribution in [1.82, 2.24) is 19.7 Å². The number of ether oxygens (including phenoxy) is 2. The lowest BCUT2D eigenvalue weighted by molar-refractivity contribution is 0.0981. The van der Waals surface area contributed by atoms with Crippen molar-refractivity contribution >= 4 is 11.6 Å². The fraction of sp³-hybridized carbons (Fsp3) is 0.391. The Kier molecular flexibility index (Phi) is 5.37. The van der Waals surface area contributed by atoms with Gasteiger partial charge in [-0.25, -0.2) is 9.97 Å². The number of rotatable bonds is 6. The number of aryl methyl sites for hydroxylation is 1. The molecule has 32 heavy (non-hydrogen) atoms. The number of nitrogens with zero attached hydrogens (tertiary/aromatic N) is 5. The maximum atomic E-state index is 13.4. The molecule has 3 aromatic heterocycles. The van der Waals surface area contributed by atoms with Crippen LogP contribution in [0.4, 0.5) is 5.69 Å². The zero-order valence-corrected chi connectivity index (χ0v) is 19.1. The Morgan fingerprint density at radius 3 is 2.59 bits per heavy atom. The first-order valence-corrected chi connectivity index (χ1v) is 10.3. The predicted molar refractivity (Wildman–Crippen MR) is 119 cm³/mol. The van der Waals surface area contributed by atoms with E-state index in [1.54, 1.807) is 42.2 Å². The highest BCUT2D eigenvalue weighted by atomic mass is 16.5. The van der Waals surface area contributed by atoms with Crippen LogP contribution in [0.25, 0.3) is 11.3 Å². The molecule has 0 bridgehead atoms. The van der Waals surface area contributed by atoms with E-state index in [9.17, 15) is 9.90 Å². The molecular formula is C23H27N5O4. The summed E-state index contributed by atoms with van der Waals surface area (Å²) in [5.41, 5.74) is 3.54. The van der Waals surface area contributed by atoms with E-state index in [2.05, 4.69) is 10.1 Å². The Balaban J connectivity index is 1.78. The predicted octanol–water partition coefficient (Wildman–Crippen LogP) is 2.94. The molecule has 1 atom stereocenters. The van der Waals surface area contributed by atoms with Gasteiger partial charge < -0.3 is 14.6 Å². The van der Waals surface area contributed by atoms with Gasteiger partial charge in [-0.15, -0.1) is 0 Å². The highest BCUT2D eigenvalue weighted by molar-refractivity contribution is 6.12. The number of amides is 1. The average molecular weight is 438 g/mol. The van der Waals surface area contributed by atoms with Crippen LogP contribution >= 0.6 is 0 Å². The number of carbonyl (C=O) groups excluding carboxylic acids is 1. The second-order valence-corrected chi connectivity index (χ2v) is 8.45. The summed E-state index contributed by atoms with van der Waals surface area (Å²) in [6.45, 7) is 7.88. The van der Waals surface area contributed by atoms with Gasteiger partial charge in [0.25, 0.3) is 11.8 Å². The van der Waals surface area contributed by atoms with Gasteiger partial charge in [-0.05, 0) is 45.4 Å². The van der Waals surface area contributed by atoms with Crippen LogP contribution in [0.2, 0.25) is 0 Å². The van der Waals surface area contributed by atoms with Crippen LogP contribution in [0.15, 0.2) is 30.7 Å². The number of carbonyl (C=O) groups is 1. The first-order valence-electron chi connectivity index (χ1n) is 10.3. The number of fused-ring (bicyclic) bond motifs is 1. The Labute approximate surface area is 186 Å². The van der Waals surface area contributed by atoms with Gasteiger partial charge in [-0.2, -0.15) is 5.10 Å². The van der Waals surface area contributed by atoms with Crippen LogP contribution in [0, 0.1) is 6.92 Å². The van der Waals surface area contributed by atoms with E-state index in [1.807, 2.05) is 32.9 Å². The SMILES string of the molecule is COc1cc(-c2cc(C)c3c(n2)C(C)(C)N(c2cnn(C[C@H](C)O)c2)C3=O)cnc1OC. The highest BCUT2D eigenvalue weighted by Gasteiger charge is 2.47. The van der Waals surface area contributed by atoms with Crippen LogP contribution in [-0.4, -0.2) is 51.1 Å². The molecule has 0 aromatic carbocycles. The third-order valence-corrected chi connectivity index (χ3v) is 5.63. The number of methoxy groups -OCH3 is 2. The number of aromatic nitrogens is 4. The monoisotopic (exact) mass is 437 g/mol. The van der Waals surface area contributed by atoms with E-state index in [0.29, 0.717) is 40.8 Å². The van der Waals surface area contributed by atoms with Gasteiger partial charge >= 0.3 is 0 Å². The van der Waals surface area contributed by atoms with Crippen LogP contribution in [0.5, 0.6) is 11.6 Å². The zero-order valence-electron chi connectivity index (χ0n) is 19.1. The molecule has 1 aliphatic heterocycles. The quantitative estimate of drug-likeness (QED) is 0.632. The third-order valence-electron chi connectivity index (χ3n) is 5.63. The summed E-state index contributed by atoms with van der Waals surface area (Å²) >= 11 is 0. The summed E-state index contributed by atoms with van der Waals surface area (Å²) in [7, 11) is 3.09. The largest absolute Gasteiger partial charge is 0.491 e. The smallest absolute Gasteiger partial charge is 0.261 e. The zero-order chi connectivity index (χ0) is 23.2. The van der Waals surface area contributed by atoms with Crippen molar-refractivity contribution in [3.63, 3.8) is 0 Å². The van der Waals surface area contributed by atoms with Crippen LogP contribution in [-0.2, 0) is 12.1 Å². The van der Waals surface area contributed by atoms with Gasteiger partial charge in [0, 0.05) is 18.0 Å². The van der Waals surface area contributed by atoms with Crippen LogP contribution in [0.1, 0.15) is 42.4 Å². The molecule has 9 heteroatoms. The van der Waals surface area contributed by atoms with Gasteiger partial charge in [0.15, 0.2) is 5.75 Å². The number of pyridine rings is 2. The Morgan fingerprint density at radius 2 is 1.94 bits per heavy atom. The van der Waals surface area contributed by atoms with Gasteiger partial charge in [-0.1, -0.05) is 0 Å². The Morgan fingerprint density at radius 1 is 1.19 bits per heavy atom. The number of aliphatic hydroxyl groups is 1. The lowest BCUT2D eigenvalue weighted by Gasteiger charge is -2.30. The minimum absolute atomic E-state index is 0.122. The average Bonchev–Trinajstić information content (AvgIpc) is 3.26. The van der Waals surface area contributed by atoms with E-state index in [-0.39, 0.29) is 5.91 Å². The summed E-state index contributed by atoms with van der Waals surface area (Å²) in [5.74, 6) is 0.779. The molecule has 0 saturated heterocycles. The summed E-state index contributed by atoms with van der Waals surface area (Å²) in [6, 6.07) is 3.71. The minimum atomic E-state index is -0.699. The van der Waals surface area contributed by atoms with E-state index in [1.165, 1.54) is 7.11 Å². The van der Waals surface area contributed by atoms with Crippen molar-refractivity contribution < 1.29 is 19.4 Å². The molecule has 4 rings (SSSR count). The first-order chi connectivity index (χ1) is 15.2. The standard InChI is InChI=1S/C23H27N5O4/c1-13-7-17(15-8-18(31-5)21(32-6)24-9-15)26-20-19(13)22(30)28(23(20,3)4)16-10-25-27(12-16)11-14(2)29/h7-10,12,14,29H,11H2,1-6H3/t14-/m0/s1. The maximum Gasteiger partial charge on any atom is 0.261 e. The highest BCUT2D eigenvalue weighted by Crippen LogP contribution is 2.43. The summed E-state index contributed by atoms with van der Waals surface area (Å²) in [5, 5.41) is 13.9. The molecule has 0 unspecified atom stereocenters. The van der Waals surface area contributed by atoms with Crippen molar-refractivity contribution in [2.45, 2.75) is 45.9 Å². The fourth-order valence-corrected chi connectivity index (χ4v) is 4.16. The second kappa shape index (κ2) is 7.90. The molecule has 0 radical (unpaired) electrons. The number of anilines is 1. The molecule has 0 spiro atoms. The lowest BCUT2D eigenvalue weighted by atomic mass is 9.96. The fourth-order valence-electron chi connectivity index (χ4n) is 4.16. The van der Waals surface area contributed by atoms with Crippen molar-refractivity contribution in [2.75, 3.05) is 19.1 Å². The molecule has 4 heterocycles. The van der Waals surface area contributed by atoms with Crippen molar-refractivity contribution in [3.8, 4) is 22.9 Å². The lowest BCUT2D eigenvalue weighted by Crippen LogP contribution is -2.39.